The Morgan fingerprint density at radius 3 is 2.94 bits per heavy atom. The monoisotopic (exact) mass is 248 g/mol. The van der Waals surface area contributed by atoms with Gasteiger partial charge in [0.15, 0.2) is 5.82 Å². The molecule has 3 heterocycles. The number of rotatable bonds is 1. The summed E-state index contributed by atoms with van der Waals surface area (Å²) in [6, 6.07) is 0.602. The van der Waals surface area contributed by atoms with E-state index < -0.39 is 0 Å². The minimum absolute atomic E-state index is 0.0269. The van der Waals surface area contributed by atoms with Gasteiger partial charge in [0.2, 0.25) is 0 Å². The third-order valence-corrected chi connectivity index (χ3v) is 4.12. The maximum Gasteiger partial charge on any atom is 0.161 e. The number of nitrogens with zero attached hydrogens (tertiary/aromatic N) is 3. The molecule has 3 rings (SSSR count). The first-order valence-electron chi connectivity index (χ1n) is 6.61. The molecule has 5 nitrogen and oxygen atoms in total. The van der Waals surface area contributed by atoms with E-state index in [1.807, 2.05) is 13.8 Å². The van der Waals surface area contributed by atoms with Gasteiger partial charge in [-0.15, -0.1) is 0 Å². The number of aryl methyl sites for hydroxylation is 1. The summed E-state index contributed by atoms with van der Waals surface area (Å²) in [6.45, 7) is 6.78. The minimum Gasteiger partial charge on any atom is -0.383 e. The van der Waals surface area contributed by atoms with Crippen LogP contribution in [-0.4, -0.2) is 40.6 Å². The Kier molecular flexibility index (Phi) is 2.95. The first-order chi connectivity index (χ1) is 8.65. The van der Waals surface area contributed by atoms with Gasteiger partial charge in [0.1, 0.15) is 11.9 Å². The normalized spacial score (nSPS) is 28.3. The molecule has 1 aromatic heterocycles. The molecule has 2 fully saturated rings. The molecular formula is C13H20N4O. The Labute approximate surface area is 107 Å². The highest BCUT2D eigenvalue weighted by molar-refractivity contribution is 5.40. The molecule has 0 amide bonds. The van der Waals surface area contributed by atoms with Crippen LogP contribution in [0, 0.1) is 13.8 Å². The highest BCUT2D eigenvalue weighted by Gasteiger charge is 2.34. The average molecular weight is 248 g/mol. The summed E-state index contributed by atoms with van der Waals surface area (Å²) in [6.07, 6.45) is 2.50. The molecule has 0 aliphatic carbocycles. The van der Waals surface area contributed by atoms with Crippen LogP contribution in [0.2, 0.25) is 0 Å². The van der Waals surface area contributed by atoms with Crippen molar-refractivity contribution < 1.29 is 4.74 Å². The van der Waals surface area contributed by atoms with Gasteiger partial charge in [-0.3, -0.25) is 4.90 Å². The first kappa shape index (κ1) is 11.9. The molecule has 5 heteroatoms. The summed E-state index contributed by atoms with van der Waals surface area (Å²) >= 11 is 0. The second kappa shape index (κ2) is 4.48. The van der Waals surface area contributed by atoms with E-state index in [-0.39, 0.29) is 6.10 Å². The van der Waals surface area contributed by atoms with E-state index in [2.05, 4.69) is 14.9 Å². The molecule has 0 aromatic carbocycles. The fraction of sp³-hybridized carbons (Fsp3) is 0.692. The van der Waals surface area contributed by atoms with Crippen molar-refractivity contribution in [2.24, 2.45) is 0 Å². The quantitative estimate of drug-likeness (QED) is 0.809. The average Bonchev–Trinajstić information content (AvgIpc) is 2.82. The fourth-order valence-corrected chi connectivity index (χ4v) is 2.79. The molecule has 1 aromatic rings. The summed E-state index contributed by atoms with van der Waals surface area (Å²) in [4.78, 5) is 11.4. The van der Waals surface area contributed by atoms with Crippen LogP contribution in [0.4, 0.5) is 5.82 Å². The zero-order valence-corrected chi connectivity index (χ0v) is 11.0. The number of morpholine rings is 1. The van der Waals surface area contributed by atoms with Gasteiger partial charge in [-0.05, 0) is 33.2 Å². The number of anilines is 1. The lowest BCUT2D eigenvalue weighted by molar-refractivity contribution is -0.0541. The zero-order valence-electron chi connectivity index (χ0n) is 11.0. The molecular weight excluding hydrogens is 228 g/mol. The predicted molar refractivity (Wildman–Crippen MR) is 69.2 cm³/mol. The molecule has 0 radical (unpaired) electrons. The summed E-state index contributed by atoms with van der Waals surface area (Å²) in [5.74, 6) is 1.31. The van der Waals surface area contributed by atoms with Gasteiger partial charge in [0.05, 0.1) is 6.61 Å². The standard InChI is InChI=1S/C13H20N4O/c1-8-9(2)15-13(16-12(8)14)11-6-17-5-3-4-10(17)7-18-11/h10-11H,3-7H2,1-2H3,(H2,14,15,16). The minimum atomic E-state index is -0.0269. The van der Waals surface area contributed by atoms with Crippen molar-refractivity contribution in [2.45, 2.75) is 38.8 Å². The van der Waals surface area contributed by atoms with Gasteiger partial charge in [-0.2, -0.15) is 0 Å². The van der Waals surface area contributed by atoms with E-state index in [0.717, 1.165) is 30.2 Å². The third kappa shape index (κ3) is 1.97. The first-order valence-corrected chi connectivity index (χ1v) is 6.61. The number of aromatic nitrogens is 2. The smallest absolute Gasteiger partial charge is 0.161 e. The summed E-state index contributed by atoms with van der Waals surface area (Å²) in [5, 5.41) is 0. The lowest BCUT2D eigenvalue weighted by atomic mass is 10.1. The Bertz CT molecular complexity index is 439. The van der Waals surface area contributed by atoms with Gasteiger partial charge in [0, 0.05) is 23.8 Å². The largest absolute Gasteiger partial charge is 0.383 e. The SMILES string of the molecule is Cc1nc(C2CN3CCCC3CO2)nc(N)c1C. The van der Waals surface area contributed by atoms with E-state index >= 15 is 0 Å². The summed E-state index contributed by atoms with van der Waals surface area (Å²) in [7, 11) is 0. The van der Waals surface area contributed by atoms with Crippen molar-refractivity contribution in [2.75, 3.05) is 25.4 Å². The van der Waals surface area contributed by atoms with Crippen molar-refractivity contribution >= 4 is 5.82 Å². The van der Waals surface area contributed by atoms with Crippen LogP contribution < -0.4 is 5.73 Å². The Morgan fingerprint density at radius 2 is 2.17 bits per heavy atom. The topological polar surface area (TPSA) is 64.3 Å². The van der Waals surface area contributed by atoms with Crippen LogP contribution in [0.15, 0.2) is 0 Å². The lowest BCUT2D eigenvalue weighted by Gasteiger charge is -2.34. The van der Waals surface area contributed by atoms with E-state index in [1.165, 1.54) is 19.4 Å². The van der Waals surface area contributed by atoms with Crippen LogP contribution in [-0.2, 0) is 4.74 Å². The van der Waals surface area contributed by atoms with E-state index in [9.17, 15) is 0 Å². The van der Waals surface area contributed by atoms with Crippen LogP contribution >= 0.6 is 0 Å². The molecule has 2 saturated heterocycles. The maximum atomic E-state index is 5.91. The maximum absolute atomic E-state index is 5.91. The molecule has 2 unspecified atom stereocenters. The molecule has 0 saturated carbocycles. The van der Waals surface area contributed by atoms with Gasteiger partial charge >= 0.3 is 0 Å². The van der Waals surface area contributed by atoms with Crippen molar-refractivity contribution in [3.8, 4) is 0 Å². The number of fused-ring (bicyclic) bond motifs is 1. The Balaban J connectivity index is 1.83. The lowest BCUT2D eigenvalue weighted by Crippen LogP contribution is -2.43. The Morgan fingerprint density at radius 1 is 1.33 bits per heavy atom. The van der Waals surface area contributed by atoms with Crippen molar-refractivity contribution in [3.05, 3.63) is 17.1 Å². The number of nitrogens with two attached hydrogens (primary N) is 1. The highest BCUT2D eigenvalue weighted by atomic mass is 16.5. The molecule has 0 bridgehead atoms. The second-order valence-electron chi connectivity index (χ2n) is 5.29. The van der Waals surface area contributed by atoms with Gasteiger partial charge in [0.25, 0.3) is 0 Å². The number of hydrogen-bond acceptors (Lipinski definition) is 5. The molecule has 2 atom stereocenters. The second-order valence-corrected chi connectivity index (χ2v) is 5.29. The number of ether oxygens (including phenoxy) is 1. The molecule has 2 aliphatic heterocycles. The van der Waals surface area contributed by atoms with Crippen LogP contribution in [0.25, 0.3) is 0 Å². The van der Waals surface area contributed by atoms with Gasteiger partial charge < -0.3 is 10.5 Å². The molecule has 2 N–H and O–H groups in total. The van der Waals surface area contributed by atoms with Crippen LogP contribution in [0.5, 0.6) is 0 Å². The molecule has 98 valence electrons. The van der Waals surface area contributed by atoms with Crippen LogP contribution in [0.1, 0.15) is 36.0 Å². The van der Waals surface area contributed by atoms with Crippen LogP contribution in [0.3, 0.4) is 0 Å². The van der Waals surface area contributed by atoms with Gasteiger partial charge in [-0.25, -0.2) is 9.97 Å². The fourth-order valence-electron chi connectivity index (χ4n) is 2.79. The third-order valence-electron chi connectivity index (χ3n) is 4.12. The van der Waals surface area contributed by atoms with E-state index in [1.54, 1.807) is 0 Å². The van der Waals surface area contributed by atoms with E-state index in [4.69, 9.17) is 10.5 Å². The summed E-state index contributed by atoms with van der Waals surface area (Å²) in [5.41, 5.74) is 7.83. The molecule has 2 aliphatic rings. The summed E-state index contributed by atoms with van der Waals surface area (Å²) < 4.78 is 5.91. The predicted octanol–water partition coefficient (Wildman–Crippen LogP) is 1.21. The van der Waals surface area contributed by atoms with Crippen molar-refractivity contribution in [1.29, 1.82) is 0 Å². The van der Waals surface area contributed by atoms with Crippen molar-refractivity contribution in [3.63, 3.8) is 0 Å². The Hall–Kier alpha value is -1.20. The number of hydrogen-bond donors (Lipinski definition) is 1. The highest BCUT2D eigenvalue weighted by Crippen LogP contribution is 2.29. The number of nitrogen functional groups attached to an aromatic ring is 1. The zero-order chi connectivity index (χ0) is 12.7. The van der Waals surface area contributed by atoms with E-state index in [0.29, 0.717) is 11.9 Å². The van der Waals surface area contributed by atoms with Crippen molar-refractivity contribution in [1.82, 2.24) is 14.9 Å². The molecule has 0 spiro atoms. The molecule has 18 heavy (non-hydrogen) atoms. The van der Waals surface area contributed by atoms with Gasteiger partial charge in [-0.1, -0.05) is 0 Å².